The maximum absolute atomic E-state index is 12.3. The van der Waals surface area contributed by atoms with Crippen LogP contribution in [0.15, 0.2) is 36.7 Å². The quantitative estimate of drug-likeness (QED) is 0.415. The third-order valence-electron chi connectivity index (χ3n) is 6.09. The molecule has 1 aliphatic rings. The first-order chi connectivity index (χ1) is 17.8. The van der Waals surface area contributed by atoms with Crippen LogP contribution in [-0.4, -0.2) is 92.5 Å². The summed E-state index contributed by atoms with van der Waals surface area (Å²) in [6.45, 7) is 4.54. The minimum atomic E-state index is 0.0312. The Bertz CT molecular complexity index is 1410. The van der Waals surface area contributed by atoms with Crippen molar-refractivity contribution in [3.8, 4) is 17.4 Å². The molecule has 2 amide bonds. The van der Waals surface area contributed by atoms with E-state index in [0.29, 0.717) is 47.8 Å². The zero-order valence-electron chi connectivity index (χ0n) is 21.2. The van der Waals surface area contributed by atoms with E-state index in [9.17, 15) is 4.79 Å². The van der Waals surface area contributed by atoms with Crippen LogP contribution in [0, 0.1) is 6.92 Å². The van der Waals surface area contributed by atoms with Gasteiger partial charge in [0.05, 0.1) is 19.0 Å². The number of ether oxygens (including phenoxy) is 1. The van der Waals surface area contributed by atoms with Crippen LogP contribution in [-0.2, 0) is 0 Å². The van der Waals surface area contributed by atoms with Crippen molar-refractivity contribution in [1.29, 1.82) is 0 Å². The number of carbonyl (C=O) groups is 1. The molecule has 0 radical (unpaired) electrons. The second-order valence-corrected chi connectivity index (χ2v) is 8.85. The highest BCUT2D eigenvalue weighted by molar-refractivity contribution is 5.78. The molecule has 0 aliphatic carbocycles. The van der Waals surface area contributed by atoms with Gasteiger partial charge in [0, 0.05) is 64.3 Å². The summed E-state index contributed by atoms with van der Waals surface area (Å²) in [6, 6.07) is 7.69. The van der Waals surface area contributed by atoms with Gasteiger partial charge in [-0.1, -0.05) is 0 Å². The minimum Gasteiger partial charge on any atom is -0.481 e. The maximum Gasteiger partial charge on any atom is 0.319 e. The van der Waals surface area contributed by atoms with Gasteiger partial charge in [0.15, 0.2) is 11.6 Å². The maximum atomic E-state index is 12.3. The van der Waals surface area contributed by atoms with Crippen molar-refractivity contribution in [2.45, 2.75) is 6.92 Å². The molecule has 0 bridgehead atoms. The summed E-state index contributed by atoms with van der Waals surface area (Å²) in [6.07, 6.45) is 3.61. The number of nitrogens with two attached hydrogens (primary N) is 1. The molecule has 0 saturated carbocycles. The van der Waals surface area contributed by atoms with Crippen LogP contribution in [0.4, 0.5) is 27.9 Å². The molecule has 0 unspecified atom stereocenters. The van der Waals surface area contributed by atoms with Crippen LogP contribution in [0.2, 0.25) is 0 Å². The number of fused-ring (bicyclic) bond motifs is 1. The highest BCUT2D eigenvalue weighted by Crippen LogP contribution is 2.31. The Morgan fingerprint density at radius 1 is 1.08 bits per heavy atom. The molecule has 3 N–H and O–H groups in total. The van der Waals surface area contributed by atoms with Crippen molar-refractivity contribution in [1.82, 2.24) is 39.1 Å². The summed E-state index contributed by atoms with van der Waals surface area (Å²) in [5, 5.41) is 3.32. The predicted molar refractivity (Wildman–Crippen MR) is 140 cm³/mol. The number of rotatable bonds is 5. The van der Waals surface area contributed by atoms with Crippen LogP contribution < -0.4 is 20.7 Å². The number of piperazine rings is 1. The molecule has 0 spiro atoms. The SMILES string of the molecule is COc1ccc(Nc2nc3cc(N4CCN(C(=O)N(C)C)CC4)ccn3c2-c2nc(C)nc(N)n2)cn1. The smallest absolute Gasteiger partial charge is 0.319 e. The van der Waals surface area contributed by atoms with Gasteiger partial charge in [-0.3, -0.25) is 4.40 Å². The van der Waals surface area contributed by atoms with Crippen molar-refractivity contribution >= 4 is 34.8 Å². The van der Waals surface area contributed by atoms with E-state index in [4.69, 9.17) is 15.5 Å². The number of hydrogen-bond donors (Lipinski definition) is 2. The predicted octanol–water partition coefficient (Wildman–Crippen LogP) is 2.03. The highest BCUT2D eigenvalue weighted by atomic mass is 16.5. The normalized spacial score (nSPS) is 13.6. The second kappa shape index (κ2) is 9.76. The first-order valence-corrected chi connectivity index (χ1v) is 11.8. The van der Waals surface area contributed by atoms with Crippen molar-refractivity contribution in [3.63, 3.8) is 0 Å². The number of methoxy groups -OCH3 is 1. The summed E-state index contributed by atoms with van der Waals surface area (Å²) >= 11 is 0. The molecule has 4 aromatic rings. The van der Waals surface area contributed by atoms with Crippen LogP contribution in [0.25, 0.3) is 17.2 Å². The van der Waals surface area contributed by atoms with E-state index in [0.717, 1.165) is 24.5 Å². The lowest BCUT2D eigenvalue weighted by Crippen LogP contribution is -2.51. The van der Waals surface area contributed by atoms with Gasteiger partial charge >= 0.3 is 6.03 Å². The average Bonchev–Trinajstić information content (AvgIpc) is 3.25. The number of nitrogens with one attached hydrogen (secondary N) is 1. The number of nitrogens with zero attached hydrogens (tertiary/aromatic N) is 9. The van der Waals surface area contributed by atoms with Gasteiger partial charge in [0.25, 0.3) is 0 Å². The lowest BCUT2D eigenvalue weighted by Gasteiger charge is -2.37. The van der Waals surface area contributed by atoms with Crippen LogP contribution in [0.3, 0.4) is 0 Å². The van der Waals surface area contributed by atoms with Crippen LogP contribution in [0.5, 0.6) is 5.88 Å². The van der Waals surface area contributed by atoms with Crippen LogP contribution in [0.1, 0.15) is 5.82 Å². The first kappa shape index (κ1) is 24.0. The fourth-order valence-electron chi connectivity index (χ4n) is 4.29. The Labute approximate surface area is 213 Å². The fourth-order valence-corrected chi connectivity index (χ4v) is 4.29. The number of pyridine rings is 2. The number of urea groups is 1. The molecule has 1 saturated heterocycles. The monoisotopic (exact) mass is 503 g/mol. The molecule has 1 aliphatic heterocycles. The molecule has 37 heavy (non-hydrogen) atoms. The molecular weight excluding hydrogens is 474 g/mol. The molecular formula is C24H29N11O2. The number of nitrogen functional groups attached to an aromatic ring is 1. The van der Waals surface area contributed by atoms with Crippen molar-refractivity contribution in [2.75, 3.05) is 63.3 Å². The zero-order chi connectivity index (χ0) is 26.1. The Morgan fingerprint density at radius 2 is 1.86 bits per heavy atom. The van der Waals surface area contributed by atoms with Gasteiger partial charge in [-0.2, -0.15) is 9.97 Å². The number of amides is 2. The Kier molecular flexibility index (Phi) is 6.34. The summed E-state index contributed by atoms with van der Waals surface area (Å²) < 4.78 is 7.08. The summed E-state index contributed by atoms with van der Waals surface area (Å²) in [5.41, 5.74) is 9.05. The lowest BCUT2D eigenvalue weighted by molar-refractivity contribution is 0.168. The van der Waals surface area contributed by atoms with E-state index < -0.39 is 0 Å². The number of hydrogen-bond acceptors (Lipinski definition) is 10. The standard InChI is InChI=1S/C24H29N11O2/c1-15-27-21(31-23(25)28-15)20-22(29-16-5-6-19(37-4)26-14-16)30-18-13-17(7-8-35(18)20)33-9-11-34(12-10-33)24(36)32(2)3/h5-8,13-14,29H,9-12H2,1-4H3,(H2,25,27,28,31). The summed E-state index contributed by atoms with van der Waals surface area (Å²) in [4.78, 5) is 40.1. The Morgan fingerprint density at radius 3 is 2.51 bits per heavy atom. The largest absolute Gasteiger partial charge is 0.481 e. The number of imidazole rings is 1. The number of aryl methyl sites for hydroxylation is 1. The molecule has 0 aromatic carbocycles. The molecule has 5 rings (SSSR count). The number of anilines is 4. The molecule has 13 heteroatoms. The number of aromatic nitrogens is 6. The Hall–Kier alpha value is -4.68. The molecule has 192 valence electrons. The first-order valence-electron chi connectivity index (χ1n) is 11.8. The fraction of sp³-hybridized carbons (Fsp3) is 0.333. The van der Waals surface area contributed by atoms with Gasteiger partial charge in [-0.25, -0.2) is 19.7 Å². The Balaban J connectivity index is 1.50. The second-order valence-electron chi connectivity index (χ2n) is 8.85. The molecule has 13 nitrogen and oxygen atoms in total. The summed E-state index contributed by atoms with van der Waals surface area (Å²) in [5.74, 6) is 2.12. The van der Waals surface area contributed by atoms with E-state index in [1.54, 1.807) is 45.3 Å². The molecule has 1 fully saturated rings. The van der Waals surface area contributed by atoms with E-state index in [-0.39, 0.29) is 12.0 Å². The molecule has 0 atom stereocenters. The van der Waals surface area contributed by atoms with Crippen molar-refractivity contribution in [3.05, 3.63) is 42.5 Å². The van der Waals surface area contributed by atoms with Gasteiger partial charge < -0.3 is 30.5 Å². The van der Waals surface area contributed by atoms with Crippen LogP contribution >= 0.6 is 0 Å². The van der Waals surface area contributed by atoms with E-state index >= 15 is 0 Å². The molecule has 5 heterocycles. The topological polar surface area (TPSA) is 143 Å². The number of carbonyl (C=O) groups excluding carboxylic acids is 1. The van der Waals surface area contributed by atoms with E-state index in [1.807, 2.05) is 33.7 Å². The van der Waals surface area contributed by atoms with Crippen molar-refractivity contribution < 1.29 is 9.53 Å². The minimum absolute atomic E-state index is 0.0312. The highest BCUT2D eigenvalue weighted by Gasteiger charge is 2.24. The zero-order valence-corrected chi connectivity index (χ0v) is 21.2. The van der Waals surface area contributed by atoms with Crippen molar-refractivity contribution in [2.24, 2.45) is 0 Å². The van der Waals surface area contributed by atoms with Gasteiger partial charge in [0.1, 0.15) is 17.2 Å². The third-order valence-corrected chi connectivity index (χ3v) is 6.09. The van der Waals surface area contributed by atoms with E-state index in [1.165, 1.54) is 0 Å². The average molecular weight is 504 g/mol. The van der Waals surface area contributed by atoms with E-state index in [2.05, 4.69) is 30.2 Å². The van der Waals surface area contributed by atoms with Gasteiger partial charge in [-0.05, 0) is 19.1 Å². The lowest BCUT2D eigenvalue weighted by atomic mass is 10.2. The van der Waals surface area contributed by atoms with Gasteiger partial charge in [0.2, 0.25) is 11.8 Å². The van der Waals surface area contributed by atoms with Gasteiger partial charge in [-0.15, -0.1) is 0 Å². The third kappa shape index (κ3) is 4.87. The summed E-state index contributed by atoms with van der Waals surface area (Å²) in [7, 11) is 5.11. The molecule has 4 aromatic heterocycles.